The lowest BCUT2D eigenvalue weighted by atomic mass is 10.1. The van der Waals surface area contributed by atoms with Crippen molar-refractivity contribution in [3.8, 4) is 11.4 Å². The van der Waals surface area contributed by atoms with Crippen molar-refractivity contribution in [3.63, 3.8) is 0 Å². The summed E-state index contributed by atoms with van der Waals surface area (Å²) in [5.74, 6) is -0.922. The lowest BCUT2D eigenvalue weighted by Gasteiger charge is -2.13. The highest BCUT2D eigenvalue weighted by Gasteiger charge is 2.25. The van der Waals surface area contributed by atoms with Gasteiger partial charge in [0.2, 0.25) is 5.69 Å². The topological polar surface area (TPSA) is 82.5 Å². The normalized spacial score (nSPS) is 11.7. The number of para-hydroxylation sites is 1. The smallest absolute Gasteiger partial charge is 0.363 e. The molecule has 1 N–H and O–H groups in total. The van der Waals surface area contributed by atoms with Crippen molar-refractivity contribution in [3.05, 3.63) is 84.7 Å². The van der Waals surface area contributed by atoms with Crippen LogP contribution in [0.15, 0.2) is 79.0 Å². The second-order valence-electron chi connectivity index (χ2n) is 6.92. The molecule has 1 aromatic heterocycles. The number of amides is 1. The molecule has 0 spiro atoms. The summed E-state index contributed by atoms with van der Waals surface area (Å²) < 4.78 is 12.1. The van der Waals surface area contributed by atoms with Crippen molar-refractivity contribution < 1.29 is 19.1 Å². The van der Waals surface area contributed by atoms with E-state index < -0.39 is 18.0 Å². The number of ether oxygens (including phenoxy) is 2. The van der Waals surface area contributed by atoms with Crippen LogP contribution in [0.1, 0.15) is 17.4 Å². The van der Waals surface area contributed by atoms with Gasteiger partial charge >= 0.3 is 5.97 Å². The summed E-state index contributed by atoms with van der Waals surface area (Å²) in [5.41, 5.74) is 1.39. The Morgan fingerprint density at radius 3 is 2.42 bits per heavy atom. The minimum Gasteiger partial charge on any atom is -0.493 e. The molecule has 0 saturated heterocycles. The van der Waals surface area contributed by atoms with E-state index in [2.05, 4.69) is 10.4 Å². The number of methoxy groups -OCH3 is 1. The zero-order chi connectivity index (χ0) is 21.8. The van der Waals surface area contributed by atoms with Gasteiger partial charge in [0.15, 0.2) is 11.9 Å². The molecular weight excluding hydrogens is 394 g/mol. The molecule has 0 aliphatic heterocycles. The second-order valence-corrected chi connectivity index (χ2v) is 6.92. The van der Waals surface area contributed by atoms with Gasteiger partial charge in [-0.05, 0) is 42.0 Å². The number of nitrogens with one attached hydrogen (secondary N) is 1. The molecule has 4 rings (SSSR count). The zero-order valence-corrected chi connectivity index (χ0v) is 17.1. The van der Waals surface area contributed by atoms with Crippen molar-refractivity contribution in [2.24, 2.45) is 0 Å². The third-order valence-corrected chi connectivity index (χ3v) is 4.78. The summed E-state index contributed by atoms with van der Waals surface area (Å²) in [6, 6.07) is 22.7. The van der Waals surface area contributed by atoms with E-state index in [0.29, 0.717) is 5.69 Å². The van der Waals surface area contributed by atoms with Gasteiger partial charge in [-0.3, -0.25) is 4.79 Å². The van der Waals surface area contributed by atoms with E-state index in [-0.39, 0.29) is 11.4 Å². The summed E-state index contributed by atoms with van der Waals surface area (Å²) in [6.07, 6.45) is 0.566. The summed E-state index contributed by atoms with van der Waals surface area (Å²) in [5, 5.41) is 9.12. The average molecular weight is 415 g/mol. The van der Waals surface area contributed by atoms with Gasteiger partial charge in [-0.25, -0.2) is 9.48 Å². The highest BCUT2D eigenvalue weighted by Crippen LogP contribution is 2.22. The number of hydrogen-bond acceptors (Lipinski definition) is 5. The first-order valence-electron chi connectivity index (χ1n) is 9.75. The molecule has 4 aromatic rings. The minimum atomic E-state index is -1.02. The summed E-state index contributed by atoms with van der Waals surface area (Å²) in [4.78, 5) is 25.2. The molecule has 0 unspecified atom stereocenters. The van der Waals surface area contributed by atoms with Gasteiger partial charge in [-0.1, -0.05) is 48.5 Å². The molecule has 3 aromatic carbocycles. The van der Waals surface area contributed by atoms with E-state index in [9.17, 15) is 9.59 Å². The quantitative estimate of drug-likeness (QED) is 0.477. The van der Waals surface area contributed by atoms with Gasteiger partial charge < -0.3 is 14.8 Å². The molecule has 0 aliphatic carbocycles. The lowest BCUT2D eigenvalue weighted by molar-refractivity contribution is -0.123. The maximum atomic E-state index is 12.7. The molecule has 7 nitrogen and oxygen atoms in total. The van der Waals surface area contributed by atoms with E-state index in [1.807, 2.05) is 66.7 Å². The fourth-order valence-corrected chi connectivity index (χ4v) is 3.14. The Bertz CT molecular complexity index is 1230. The summed E-state index contributed by atoms with van der Waals surface area (Å²) in [7, 11) is 1.44. The Labute approximate surface area is 179 Å². The standard InChI is InChI=1S/C24H21N3O4/c1-16(23(28)25-19-13-12-17-8-6-7-9-18(17)14-19)31-24(29)22-21(30-2)15-27(26-22)20-10-4-3-5-11-20/h3-16H,1-2H3,(H,25,28)/t16-/m0/s1. The van der Waals surface area contributed by atoms with Gasteiger partial charge in [0.1, 0.15) is 0 Å². The highest BCUT2D eigenvalue weighted by atomic mass is 16.6. The average Bonchev–Trinajstić information content (AvgIpc) is 3.24. The van der Waals surface area contributed by atoms with Gasteiger partial charge in [0, 0.05) is 5.69 Å². The van der Waals surface area contributed by atoms with Crippen LogP contribution in [-0.2, 0) is 9.53 Å². The summed E-state index contributed by atoms with van der Waals surface area (Å²) >= 11 is 0. The number of carbonyl (C=O) groups excluding carboxylic acids is 2. The largest absolute Gasteiger partial charge is 0.493 e. The van der Waals surface area contributed by atoms with Crippen LogP contribution in [0.3, 0.4) is 0 Å². The first-order chi connectivity index (χ1) is 15.0. The van der Waals surface area contributed by atoms with E-state index in [1.54, 1.807) is 12.3 Å². The first kappa shape index (κ1) is 20.2. The number of esters is 1. The molecule has 1 amide bonds. The van der Waals surface area contributed by atoms with Crippen molar-refractivity contribution in [2.75, 3.05) is 12.4 Å². The molecule has 1 heterocycles. The van der Waals surface area contributed by atoms with Crippen LogP contribution in [0.25, 0.3) is 16.5 Å². The third kappa shape index (κ3) is 4.40. The number of nitrogens with zero attached hydrogens (tertiary/aromatic N) is 2. The van der Waals surface area contributed by atoms with Gasteiger partial charge in [-0.2, -0.15) is 5.10 Å². The monoisotopic (exact) mass is 415 g/mol. The predicted molar refractivity (Wildman–Crippen MR) is 118 cm³/mol. The van der Waals surface area contributed by atoms with E-state index in [4.69, 9.17) is 9.47 Å². The Hall–Kier alpha value is -4.13. The van der Waals surface area contributed by atoms with Crippen LogP contribution in [-0.4, -0.2) is 34.9 Å². The van der Waals surface area contributed by atoms with Crippen molar-refractivity contribution in [1.82, 2.24) is 9.78 Å². The molecule has 31 heavy (non-hydrogen) atoms. The first-order valence-corrected chi connectivity index (χ1v) is 9.75. The maximum Gasteiger partial charge on any atom is 0.363 e. The number of rotatable bonds is 6. The Morgan fingerprint density at radius 2 is 1.68 bits per heavy atom. The Morgan fingerprint density at radius 1 is 0.968 bits per heavy atom. The molecule has 0 fully saturated rings. The number of anilines is 1. The van der Waals surface area contributed by atoms with Gasteiger partial charge in [0.05, 0.1) is 19.0 Å². The fraction of sp³-hybridized carbons (Fsp3) is 0.125. The predicted octanol–water partition coefficient (Wildman–Crippen LogP) is 4.22. The van der Waals surface area contributed by atoms with Crippen LogP contribution in [0, 0.1) is 0 Å². The SMILES string of the molecule is COc1cn(-c2ccccc2)nc1C(=O)O[C@@H](C)C(=O)Nc1ccc2ccccc2c1. The zero-order valence-electron chi connectivity index (χ0n) is 17.1. The number of aromatic nitrogens is 2. The van der Waals surface area contributed by atoms with Gasteiger partial charge in [0.25, 0.3) is 5.91 Å². The molecule has 7 heteroatoms. The number of carbonyl (C=O) groups is 2. The highest BCUT2D eigenvalue weighted by molar-refractivity contribution is 5.99. The molecule has 0 saturated carbocycles. The van der Waals surface area contributed by atoms with Crippen molar-refractivity contribution in [2.45, 2.75) is 13.0 Å². The molecule has 0 radical (unpaired) electrons. The van der Waals surface area contributed by atoms with Gasteiger partial charge in [-0.15, -0.1) is 0 Å². The summed E-state index contributed by atoms with van der Waals surface area (Å²) in [6.45, 7) is 1.51. The number of fused-ring (bicyclic) bond motifs is 1. The van der Waals surface area contributed by atoms with Crippen LogP contribution >= 0.6 is 0 Å². The van der Waals surface area contributed by atoms with Crippen LogP contribution in [0.5, 0.6) is 5.75 Å². The lowest BCUT2D eigenvalue weighted by Crippen LogP contribution is -2.30. The molecule has 156 valence electrons. The van der Waals surface area contributed by atoms with Crippen LogP contribution in [0.2, 0.25) is 0 Å². The second kappa shape index (κ2) is 8.71. The third-order valence-electron chi connectivity index (χ3n) is 4.78. The molecular formula is C24H21N3O4. The molecule has 0 bridgehead atoms. The molecule has 1 atom stereocenters. The van der Waals surface area contributed by atoms with E-state index in [0.717, 1.165) is 16.5 Å². The minimum absolute atomic E-state index is 0.00305. The van der Waals surface area contributed by atoms with E-state index in [1.165, 1.54) is 18.7 Å². The maximum absolute atomic E-state index is 12.7. The molecule has 0 aliphatic rings. The number of hydrogen-bond donors (Lipinski definition) is 1. The van der Waals surface area contributed by atoms with Crippen LogP contribution < -0.4 is 10.1 Å². The Balaban J connectivity index is 1.46. The van der Waals surface area contributed by atoms with Crippen LogP contribution in [0.4, 0.5) is 5.69 Å². The van der Waals surface area contributed by atoms with E-state index >= 15 is 0 Å². The van der Waals surface area contributed by atoms with Crippen molar-refractivity contribution in [1.29, 1.82) is 0 Å². The fourth-order valence-electron chi connectivity index (χ4n) is 3.14. The number of benzene rings is 3. The van der Waals surface area contributed by atoms with Crippen molar-refractivity contribution >= 4 is 28.3 Å². The Kier molecular flexibility index (Phi) is 5.66.